The van der Waals surface area contributed by atoms with Crippen LogP contribution in [0.5, 0.6) is 0 Å². The van der Waals surface area contributed by atoms with Gasteiger partial charge in [0.2, 0.25) is 0 Å². The molecule has 0 bridgehead atoms. The van der Waals surface area contributed by atoms with Crippen LogP contribution in [0.15, 0.2) is 24.3 Å². The van der Waals surface area contributed by atoms with E-state index in [4.69, 9.17) is 5.73 Å². The van der Waals surface area contributed by atoms with Crippen molar-refractivity contribution >= 4 is 16.8 Å². The molecule has 5 heteroatoms. The number of nitrogens with zero attached hydrogens (tertiary/aromatic N) is 1. The Hall–Kier alpha value is -2.01. The number of aromatic nitrogens is 1. The Morgan fingerprint density at radius 2 is 2.08 bits per heavy atom. The highest BCUT2D eigenvalue weighted by Gasteiger charge is 2.42. The maximum atomic E-state index is 13.7. The van der Waals surface area contributed by atoms with E-state index >= 15 is 0 Å². The molecule has 2 fully saturated rings. The van der Waals surface area contributed by atoms with Crippen molar-refractivity contribution in [3.63, 3.8) is 0 Å². The van der Waals surface area contributed by atoms with E-state index in [1.54, 1.807) is 6.07 Å². The molecular weight excluding hydrogens is 305 g/mol. The number of pyridine rings is 1. The highest BCUT2D eigenvalue weighted by atomic mass is 19.1. The third-order valence-electron chi connectivity index (χ3n) is 5.33. The summed E-state index contributed by atoms with van der Waals surface area (Å²) in [6.45, 7) is 2.39. The summed E-state index contributed by atoms with van der Waals surface area (Å²) in [5, 5.41) is 3.67. The molecule has 0 aliphatic heterocycles. The predicted molar refractivity (Wildman–Crippen MR) is 91.3 cm³/mol. The maximum absolute atomic E-state index is 13.7. The van der Waals surface area contributed by atoms with Gasteiger partial charge >= 0.3 is 0 Å². The molecule has 126 valence electrons. The number of hydrogen-bond donors (Lipinski definition) is 2. The highest BCUT2D eigenvalue weighted by molar-refractivity contribution is 6.06. The first-order valence-corrected chi connectivity index (χ1v) is 8.63. The summed E-state index contributed by atoms with van der Waals surface area (Å²) in [4.78, 5) is 17.6. The van der Waals surface area contributed by atoms with Crippen molar-refractivity contribution in [2.24, 2.45) is 11.7 Å². The monoisotopic (exact) mass is 327 g/mol. The van der Waals surface area contributed by atoms with Crippen molar-refractivity contribution in [3.05, 3.63) is 41.3 Å². The lowest BCUT2D eigenvalue weighted by molar-refractivity contribution is 0.0899. The number of rotatable bonds is 5. The Morgan fingerprint density at radius 3 is 2.71 bits per heavy atom. The largest absolute Gasteiger partial charge is 0.345 e. The summed E-state index contributed by atoms with van der Waals surface area (Å²) < 4.78 is 13.7. The molecule has 2 aromatic rings. The number of fused-ring (bicyclic) bond motifs is 1. The fourth-order valence-corrected chi connectivity index (χ4v) is 3.36. The molecule has 24 heavy (non-hydrogen) atoms. The second-order valence-corrected chi connectivity index (χ2v) is 7.38. The van der Waals surface area contributed by atoms with Gasteiger partial charge in [0.05, 0.1) is 16.6 Å². The smallest absolute Gasteiger partial charge is 0.252 e. The molecule has 0 saturated heterocycles. The van der Waals surface area contributed by atoms with E-state index in [-0.39, 0.29) is 11.7 Å². The van der Waals surface area contributed by atoms with E-state index in [9.17, 15) is 9.18 Å². The lowest BCUT2D eigenvalue weighted by atomic mass is 9.94. The van der Waals surface area contributed by atoms with Crippen molar-refractivity contribution in [2.75, 3.05) is 6.54 Å². The minimum absolute atomic E-state index is 0.185. The molecule has 0 spiro atoms. The number of carbonyl (C=O) groups excluding carboxylic acids is 1. The number of benzene rings is 1. The summed E-state index contributed by atoms with van der Waals surface area (Å²) >= 11 is 0. The molecule has 1 aromatic heterocycles. The van der Waals surface area contributed by atoms with Crippen LogP contribution in [0.3, 0.4) is 0 Å². The Labute approximate surface area is 140 Å². The minimum atomic E-state index is -0.403. The van der Waals surface area contributed by atoms with Crippen LogP contribution in [-0.2, 0) is 0 Å². The first-order chi connectivity index (χ1) is 11.5. The van der Waals surface area contributed by atoms with Gasteiger partial charge < -0.3 is 11.1 Å². The van der Waals surface area contributed by atoms with E-state index in [0.717, 1.165) is 31.4 Å². The van der Waals surface area contributed by atoms with Gasteiger partial charge in [-0.3, -0.25) is 9.78 Å². The zero-order valence-electron chi connectivity index (χ0n) is 13.8. The Balaban J connectivity index is 1.76. The summed E-state index contributed by atoms with van der Waals surface area (Å²) in [5.74, 6) is 0.311. The van der Waals surface area contributed by atoms with Gasteiger partial charge in [0.15, 0.2) is 0 Å². The molecule has 2 saturated carbocycles. The summed E-state index contributed by atoms with van der Waals surface area (Å²) in [7, 11) is 0. The third-order valence-corrected chi connectivity index (χ3v) is 5.33. The van der Waals surface area contributed by atoms with Gasteiger partial charge in [0.1, 0.15) is 5.82 Å². The standard InChI is InChI=1S/C19H22FN3O/c1-19(10-21,12-4-5-12)23-18(24)15-9-17(11-2-3-11)22-16-7-6-13(20)8-14(15)16/h6-9,11-12H,2-5,10,21H2,1H3,(H,23,24). The molecule has 4 rings (SSSR count). The summed E-state index contributed by atoms with van der Waals surface area (Å²) in [6, 6.07) is 6.27. The normalized spacial score (nSPS) is 20.0. The van der Waals surface area contributed by atoms with E-state index in [0.29, 0.717) is 34.8 Å². The van der Waals surface area contributed by atoms with Gasteiger partial charge in [-0.15, -0.1) is 0 Å². The Kier molecular flexibility index (Phi) is 3.57. The molecule has 1 atom stereocenters. The molecule has 0 radical (unpaired) electrons. The highest BCUT2D eigenvalue weighted by Crippen LogP contribution is 2.41. The summed E-state index contributed by atoms with van der Waals surface area (Å²) in [6.07, 6.45) is 4.38. The fourth-order valence-electron chi connectivity index (χ4n) is 3.36. The SMILES string of the molecule is CC(CN)(NC(=O)c1cc(C2CC2)nc2ccc(F)cc12)C1CC1. The van der Waals surface area contributed by atoms with Crippen LogP contribution in [0.25, 0.3) is 10.9 Å². The van der Waals surface area contributed by atoms with Crippen molar-refractivity contribution in [3.8, 4) is 0 Å². The number of carbonyl (C=O) groups is 1. The fraction of sp³-hybridized carbons (Fsp3) is 0.474. The average Bonchev–Trinajstić information content (AvgIpc) is 3.45. The third kappa shape index (κ3) is 2.77. The number of hydrogen-bond acceptors (Lipinski definition) is 3. The predicted octanol–water partition coefficient (Wildman–Crippen LogP) is 3.11. The van der Waals surface area contributed by atoms with Crippen molar-refractivity contribution < 1.29 is 9.18 Å². The Bertz CT molecular complexity index is 814. The average molecular weight is 327 g/mol. The zero-order valence-corrected chi connectivity index (χ0v) is 13.8. The number of amides is 1. The van der Waals surface area contributed by atoms with Crippen molar-refractivity contribution in [1.29, 1.82) is 0 Å². The molecule has 2 aliphatic carbocycles. The molecule has 1 unspecified atom stereocenters. The molecule has 1 amide bonds. The minimum Gasteiger partial charge on any atom is -0.345 e. The lowest BCUT2D eigenvalue weighted by Crippen LogP contribution is -2.53. The van der Waals surface area contributed by atoms with Gasteiger partial charge in [-0.2, -0.15) is 0 Å². The van der Waals surface area contributed by atoms with Gasteiger partial charge in [-0.1, -0.05) is 0 Å². The van der Waals surface area contributed by atoms with Crippen LogP contribution in [0.4, 0.5) is 4.39 Å². The van der Waals surface area contributed by atoms with E-state index in [1.165, 1.54) is 12.1 Å². The first kappa shape index (κ1) is 15.5. The van der Waals surface area contributed by atoms with Gasteiger partial charge in [-0.25, -0.2) is 4.39 Å². The summed E-state index contributed by atoms with van der Waals surface area (Å²) in [5.41, 5.74) is 7.61. The quantitative estimate of drug-likeness (QED) is 0.886. The van der Waals surface area contributed by atoms with Crippen LogP contribution < -0.4 is 11.1 Å². The van der Waals surface area contributed by atoms with E-state index in [2.05, 4.69) is 10.3 Å². The molecule has 2 aliphatic rings. The Morgan fingerprint density at radius 1 is 1.33 bits per heavy atom. The van der Waals surface area contributed by atoms with Crippen LogP contribution in [0.2, 0.25) is 0 Å². The van der Waals surface area contributed by atoms with E-state index in [1.807, 2.05) is 13.0 Å². The number of nitrogens with one attached hydrogen (secondary N) is 1. The first-order valence-electron chi connectivity index (χ1n) is 8.63. The number of halogens is 1. The second kappa shape index (κ2) is 5.52. The van der Waals surface area contributed by atoms with Gasteiger partial charge in [-0.05, 0) is 62.8 Å². The zero-order chi connectivity index (χ0) is 16.9. The van der Waals surface area contributed by atoms with Gasteiger partial charge in [0.25, 0.3) is 5.91 Å². The van der Waals surface area contributed by atoms with E-state index < -0.39 is 5.54 Å². The van der Waals surface area contributed by atoms with Crippen LogP contribution >= 0.6 is 0 Å². The molecule has 1 heterocycles. The number of nitrogens with two attached hydrogens (primary N) is 1. The topological polar surface area (TPSA) is 68.0 Å². The van der Waals surface area contributed by atoms with Crippen LogP contribution in [0.1, 0.15) is 54.6 Å². The van der Waals surface area contributed by atoms with Gasteiger partial charge in [0, 0.05) is 23.5 Å². The molecule has 4 nitrogen and oxygen atoms in total. The lowest BCUT2D eigenvalue weighted by Gasteiger charge is -2.29. The van der Waals surface area contributed by atoms with Crippen molar-refractivity contribution in [1.82, 2.24) is 10.3 Å². The second-order valence-electron chi connectivity index (χ2n) is 7.38. The van der Waals surface area contributed by atoms with Crippen LogP contribution in [-0.4, -0.2) is 23.0 Å². The maximum Gasteiger partial charge on any atom is 0.252 e. The van der Waals surface area contributed by atoms with Crippen molar-refractivity contribution in [2.45, 2.75) is 44.1 Å². The molecular formula is C19H22FN3O. The molecule has 3 N–H and O–H groups in total. The molecule has 1 aromatic carbocycles. The van der Waals surface area contributed by atoms with Crippen LogP contribution in [0, 0.1) is 11.7 Å².